The van der Waals surface area contributed by atoms with Crippen molar-refractivity contribution < 1.29 is 17.9 Å². The van der Waals surface area contributed by atoms with E-state index in [2.05, 4.69) is 28.2 Å². The molecule has 160 valence electrons. The summed E-state index contributed by atoms with van der Waals surface area (Å²) < 4.78 is 36.3. The Bertz CT molecular complexity index is 978. The number of fused-ring (bicyclic) bond motifs is 1. The van der Waals surface area contributed by atoms with Crippen LogP contribution < -0.4 is 14.8 Å². The van der Waals surface area contributed by atoms with Crippen molar-refractivity contribution in [2.24, 2.45) is 0 Å². The highest BCUT2D eigenvalue weighted by atomic mass is 32.2. The van der Waals surface area contributed by atoms with Crippen molar-refractivity contribution in [2.45, 2.75) is 43.7 Å². The minimum atomic E-state index is -2.28. The van der Waals surface area contributed by atoms with Crippen LogP contribution in [0.15, 0.2) is 59.0 Å². The number of furan rings is 1. The van der Waals surface area contributed by atoms with E-state index in [0.29, 0.717) is 19.1 Å². The van der Waals surface area contributed by atoms with E-state index in [0.717, 1.165) is 53.7 Å². The summed E-state index contributed by atoms with van der Waals surface area (Å²) in [5.74, 6) is 1.73. The van der Waals surface area contributed by atoms with Crippen molar-refractivity contribution >= 4 is 22.2 Å². The maximum absolute atomic E-state index is 11.2. The molecule has 1 aromatic heterocycles. The Morgan fingerprint density at radius 2 is 1.97 bits per heavy atom. The number of methoxy groups -OCH3 is 1. The van der Waals surface area contributed by atoms with Gasteiger partial charge in [-0.25, -0.2) is 4.72 Å². The van der Waals surface area contributed by atoms with Gasteiger partial charge in [0.25, 0.3) is 0 Å². The lowest BCUT2D eigenvalue weighted by molar-refractivity contribution is 0.242. The van der Waals surface area contributed by atoms with Gasteiger partial charge in [-0.2, -0.15) is 0 Å². The Hall–Kier alpha value is -2.19. The topological polar surface area (TPSA) is 86.6 Å². The second-order valence-electron chi connectivity index (χ2n) is 7.97. The van der Waals surface area contributed by atoms with Crippen LogP contribution in [0.2, 0.25) is 0 Å². The number of rotatable bonds is 8. The molecule has 2 aromatic carbocycles. The molecule has 1 atom stereocenters. The van der Waals surface area contributed by atoms with Crippen LogP contribution in [0.5, 0.6) is 5.75 Å². The summed E-state index contributed by atoms with van der Waals surface area (Å²) in [5.41, 5.74) is 1.80. The van der Waals surface area contributed by atoms with Gasteiger partial charge in [0.1, 0.15) is 17.1 Å². The minimum Gasteiger partial charge on any atom is -0.760 e. The van der Waals surface area contributed by atoms with Crippen LogP contribution in [0, 0.1) is 0 Å². The molecule has 3 aromatic rings. The smallest absolute Gasteiger partial charge is 0.134 e. The molecule has 7 heteroatoms. The van der Waals surface area contributed by atoms with Gasteiger partial charge in [-0.1, -0.05) is 30.3 Å². The van der Waals surface area contributed by atoms with Crippen LogP contribution in [0.1, 0.15) is 37.0 Å². The van der Waals surface area contributed by atoms with Gasteiger partial charge in [0.05, 0.1) is 13.7 Å². The average molecular weight is 428 g/mol. The number of hydrogen-bond donors (Lipinski definition) is 2. The highest BCUT2D eigenvalue weighted by molar-refractivity contribution is 7.77. The Morgan fingerprint density at radius 1 is 1.17 bits per heavy atom. The molecule has 0 amide bonds. The van der Waals surface area contributed by atoms with Gasteiger partial charge in [-0.05, 0) is 55.5 Å². The fourth-order valence-corrected chi connectivity index (χ4v) is 4.86. The molecule has 1 fully saturated rings. The standard InChI is InChI=1S/C23H28N2O4S/c1-28-20-7-4-6-18(14-20)23(16-25-30(26)27)11-9-19(10-12-23)24-15-21-13-17-5-2-3-8-22(17)29-21/h2-8,13-14,19,24-25H,9-12,15-16H2,1H3,(H,26,27)/p-1. The average Bonchev–Trinajstić information content (AvgIpc) is 3.20. The fourth-order valence-electron chi connectivity index (χ4n) is 4.46. The maximum atomic E-state index is 11.2. The van der Waals surface area contributed by atoms with E-state index < -0.39 is 11.3 Å². The van der Waals surface area contributed by atoms with E-state index in [1.165, 1.54) is 0 Å². The van der Waals surface area contributed by atoms with Gasteiger partial charge in [-0.3, -0.25) is 4.21 Å². The molecule has 1 heterocycles. The lowest BCUT2D eigenvalue weighted by Crippen LogP contribution is -2.45. The van der Waals surface area contributed by atoms with E-state index >= 15 is 0 Å². The van der Waals surface area contributed by atoms with Gasteiger partial charge in [0.2, 0.25) is 0 Å². The molecule has 0 spiro atoms. The maximum Gasteiger partial charge on any atom is 0.134 e. The summed E-state index contributed by atoms with van der Waals surface area (Å²) >= 11 is -2.28. The molecule has 30 heavy (non-hydrogen) atoms. The van der Waals surface area contributed by atoms with Crippen LogP contribution in [0.3, 0.4) is 0 Å². The first-order valence-corrected chi connectivity index (χ1v) is 11.3. The molecule has 1 saturated carbocycles. The molecular weight excluding hydrogens is 400 g/mol. The number of para-hydroxylation sites is 1. The predicted octanol–water partition coefficient (Wildman–Crippen LogP) is 3.80. The first kappa shape index (κ1) is 21.1. The third kappa shape index (κ3) is 4.75. The highest BCUT2D eigenvalue weighted by Crippen LogP contribution is 2.40. The number of nitrogens with one attached hydrogen (secondary N) is 2. The van der Waals surface area contributed by atoms with Crippen LogP contribution in [0.4, 0.5) is 0 Å². The highest BCUT2D eigenvalue weighted by Gasteiger charge is 2.37. The summed E-state index contributed by atoms with van der Waals surface area (Å²) in [7, 11) is 1.65. The number of ether oxygens (including phenoxy) is 1. The van der Waals surface area contributed by atoms with Crippen LogP contribution in [-0.4, -0.2) is 28.5 Å². The van der Waals surface area contributed by atoms with Crippen LogP contribution in [0.25, 0.3) is 11.0 Å². The molecule has 1 aliphatic carbocycles. The van der Waals surface area contributed by atoms with Gasteiger partial charge >= 0.3 is 0 Å². The molecule has 6 nitrogen and oxygen atoms in total. The van der Waals surface area contributed by atoms with Crippen molar-refractivity contribution in [3.05, 3.63) is 65.9 Å². The van der Waals surface area contributed by atoms with Crippen molar-refractivity contribution in [2.75, 3.05) is 13.7 Å². The Balaban J connectivity index is 1.42. The minimum absolute atomic E-state index is 0.230. The molecule has 0 bridgehead atoms. The Morgan fingerprint density at radius 3 is 2.70 bits per heavy atom. The number of hydrogen-bond acceptors (Lipinski definition) is 5. The summed E-state index contributed by atoms with van der Waals surface area (Å²) in [4.78, 5) is 0. The molecule has 0 aliphatic heterocycles. The SMILES string of the molecule is COc1cccc(C2(CNS(=O)[O-])CCC(NCc3cc4ccccc4o3)CC2)c1. The van der Waals surface area contributed by atoms with Crippen molar-refractivity contribution in [3.63, 3.8) is 0 Å². The molecule has 4 rings (SSSR count). The van der Waals surface area contributed by atoms with E-state index in [9.17, 15) is 8.76 Å². The van der Waals surface area contributed by atoms with Crippen molar-refractivity contribution in [1.82, 2.24) is 10.0 Å². The third-order valence-corrected chi connectivity index (χ3v) is 6.57. The molecular formula is C23H27N2O4S-. The van der Waals surface area contributed by atoms with E-state index in [1.807, 2.05) is 36.4 Å². The lowest BCUT2D eigenvalue weighted by Gasteiger charge is -2.41. The van der Waals surface area contributed by atoms with Crippen LogP contribution >= 0.6 is 0 Å². The van der Waals surface area contributed by atoms with Crippen molar-refractivity contribution in [1.29, 1.82) is 0 Å². The van der Waals surface area contributed by atoms with Gasteiger partial charge in [-0.15, -0.1) is 0 Å². The molecule has 1 aliphatic rings. The zero-order valence-electron chi connectivity index (χ0n) is 17.1. The van der Waals surface area contributed by atoms with Crippen LogP contribution in [-0.2, 0) is 23.2 Å². The normalized spacial score (nSPS) is 22.8. The predicted molar refractivity (Wildman–Crippen MR) is 117 cm³/mol. The van der Waals surface area contributed by atoms with Gasteiger partial charge in [0.15, 0.2) is 0 Å². The van der Waals surface area contributed by atoms with E-state index in [1.54, 1.807) is 7.11 Å². The summed E-state index contributed by atoms with van der Waals surface area (Å²) in [6.45, 7) is 1.08. The van der Waals surface area contributed by atoms with E-state index in [-0.39, 0.29) is 5.41 Å². The quantitative estimate of drug-likeness (QED) is 0.534. The molecule has 0 radical (unpaired) electrons. The number of benzene rings is 2. The lowest BCUT2D eigenvalue weighted by atomic mass is 9.68. The zero-order valence-corrected chi connectivity index (χ0v) is 17.9. The largest absolute Gasteiger partial charge is 0.760 e. The second kappa shape index (κ2) is 9.31. The molecule has 1 unspecified atom stereocenters. The first-order chi connectivity index (χ1) is 14.6. The monoisotopic (exact) mass is 427 g/mol. The summed E-state index contributed by atoms with van der Waals surface area (Å²) in [6, 6.07) is 18.5. The van der Waals surface area contributed by atoms with E-state index in [4.69, 9.17) is 9.15 Å². The second-order valence-corrected chi connectivity index (χ2v) is 8.73. The fraction of sp³-hybridized carbons (Fsp3) is 0.391. The Labute approximate surface area is 179 Å². The van der Waals surface area contributed by atoms with Crippen molar-refractivity contribution in [3.8, 4) is 5.75 Å². The summed E-state index contributed by atoms with van der Waals surface area (Å²) in [6.07, 6.45) is 3.71. The Kier molecular flexibility index (Phi) is 6.53. The first-order valence-electron chi connectivity index (χ1n) is 10.3. The molecule has 0 saturated heterocycles. The van der Waals surface area contributed by atoms with Gasteiger partial charge in [0, 0.05) is 34.7 Å². The zero-order chi connectivity index (χ0) is 21.0. The summed E-state index contributed by atoms with van der Waals surface area (Å²) in [5, 5.41) is 4.73. The third-order valence-electron chi connectivity index (χ3n) is 6.19. The molecule has 2 N–H and O–H groups in total. The van der Waals surface area contributed by atoms with Gasteiger partial charge < -0.3 is 19.0 Å².